The van der Waals surface area contributed by atoms with Gasteiger partial charge in [0.15, 0.2) is 0 Å². The van der Waals surface area contributed by atoms with Crippen molar-refractivity contribution in [3.63, 3.8) is 0 Å². The first kappa shape index (κ1) is 13.1. The van der Waals surface area contributed by atoms with Crippen molar-refractivity contribution in [2.45, 2.75) is 38.7 Å². The van der Waals surface area contributed by atoms with Crippen LogP contribution in [0, 0.1) is 6.92 Å². The normalized spacial score (nSPS) is 21.1. The molecule has 0 bridgehead atoms. The van der Waals surface area contributed by atoms with Crippen LogP contribution in [0.3, 0.4) is 0 Å². The lowest BCUT2D eigenvalue weighted by atomic mass is 9.93. The highest BCUT2D eigenvalue weighted by Gasteiger charge is 2.25. The van der Waals surface area contributed by atoms with Crippen molar-refractivity contribution in [2.75, 3.05) is 13.1 Å². The Bertz CT molecular complexity index is 430. The van der Waals surface area contributed by atoms with E-state index in [1.807, 2.05) is 12.1 Å². The first-order chi connectivity index (χ1) is 8.58. The number of rotatable bonds is 3. The second kappa shape index (κ2) is 5.53. The van der Waals surface area contributed by atoms with Crippen LogP contribution in [0.5, 0.6) is 0 Å². The molecule has 2 atom stereocenters. The molecule has 1 aliphatic rings. The molecule has 0 saturated carbocycles. The zero-order valence-electron chi connectivity index (χ0n) is 11.1. The van der Waals surface area contributed by atoms with Crippen LogP contribution in [0.1, 0.15) is 36.8 Å². The van der Waals surface area contributed by atoms with Crippen molar-refractivity contribution in [1.29, 1.82) is 0 Å². The third-order valence-electron chi connectivity index (χ3n) is 3.72. The number of likely N-dealkylation sites (tertiary alicyclic amines) is 1. The van der Waals surface area contributed by atoms with Crippen molar-refractivity contribution >= 4 is 5.91 Å². The van der Waals surface area contributed by atoms with Crippen molar-refractivity contribution in [3.8, 4) is 0 Å². The largest absolute Gasteiger partial charge is 0.391 e. The molecular weight excluding hydrogens is 226 g/mol. The van der Waals surface area contributed by atoms with E-state index in [2.05, 4.69) is 26.0 Å². The second-order valence-corrected chi connectivity index (χ2v) is 5.24. The number of aliphatic hydroxyl groups is 1. The number of aliphatic hydroxyl groups excluding tert-OH is 1. The van der Waals surface area contributed by atoms with E-state index < -0.39 is 0 Å². The van der Waals surface area contributed by atoms with Crippen LogP contribution in [0.2, 0.25) is 0 Å². The highest BCUT2D eigenvalue weighted by Crippen LogP contribution is 2.24. The van der Waals surface area contributed by atoms with Crippen molar-refractivity contribution in [3.05, 3.63) is 35.4 Å². The van der Waals surface area contributed by atoms with Gasteiger partial charge in [0.05, 0.1) is 6.10 Å². The number of hydrogen-bond donors (Lipinski definition) is 1. The number of amides is 1. The van der Waals surface area contributed by atoms with Gasteiger partial charge in [-0.2, -0.15) is 0 Å². The zero-order chi connectivity index (χ0) is 13.1. The smallest absolute Gasteiger partial charge is 0.223 e. The highest BCUT2D eigenvalue weighted by molar-refractivity contribution is 5.77. The predicted molar refractivity (Wildman–Crippen MR) is 71.4 cm³/mol. The van der Waals surface area contributed by atoms with E-state index in [1.54, 1.807) is 4.90 Å². The number of aryl methyl sites for hydroxylation is 1. The second-order valence-electron chi connectivity index (χ2n) is 5.24. The molecule has 18 heavy (non-hydrogen) atoms. The van der Waals surface area contributed by atoms with Crippen LogP contribution in [-0.4, -0.2) is 35.1 Å². The van der Waals surface area contributed by atoms with E-state index in [4.69, 9.17) is 0 Å². The van der Waals surface area contributed by atoms with Gasteiger partial charge >= 0.3 is 0 Å². The molecule has 0 aliphatic carbocycles. The van der Waals surface area contributed by atoms with Gasteiger partial charge in [-0.05, 0) is 30.4 Å². The SMILES string of the molecule is Cc1ccccc1C(C)CC(=O)N1CC[C@H](O)C1. The lowest BCUT2D eigenvalue weighted by molar-refractivity contribution is -0.130. The Morgan fingerprint density at radius 2 is 2.22 bits per heavy atom. The summed E-state index contributed by atoms with van der Waals surface area (Å²) in [7, 11) is 0. The molecule has 1 aromatic rings. The summed E-state index contributed by atoms with van der Waals surface area (Å²) < 4.78 is 0. The number of nitrogens with zero attached hydrogens (tertiary/aromatic N) is 1. The molecule has 0 aromatic heterocycles. The van der Waals surface area contributed by atoms with Gasteiger partial charge in [0.25, 0.3) is 0 Å². The topological polar surface area (TPSA) is 40.5 Å². The fourth-order valence-corrected chi connectivity index (χ4v) is 2.61. The zero-order valence-corrected chi connectivity index (χ0v) is 11.1. The number of benzene rings is 1. The van der Waals surface area contributed by atoms with E-state index in [-0.39, 0.29) is 17.9 Å². The molecule has 2 rings (SSSR count). The van der Waals surface area contributed by atoms with E-state index in [0.717, 1.165) is 0 Å². The monoisotopic (exact) mass is 247 g/mol. The number of hydrogen-bond acceptors (Lipinski definition) is 2. The molecule has 1 amide bonds. The Labute approximate surface area is 108 Å². The van der Waals surface area contributed by atoms with E-state index in [0.29, 0.717) is 25.9 Å². The Balaban J connectivity index is 1.97. The molecule has 1 aliphatic heterocycles. The Hall–Kier alpha value is -1.35. The van der Waals surface area contributed by atoms with Crippen LogP contribution >= 0.6 is 0 Å². The molecule has 0 radical (unpaired) electrons. The summed E-state index contributed by atoms with van der Waals surface area (Å²) in [6.07, 6.45) is 0.907. The first-order valence-electron chi connectivity index (χ1n) is 6.59. The molecule has 3 heteroatoms. The Morgan fingerprint density at radius 3 is 2.83 bits per heavy atom. The van der Waals surface area contributed by atoms with Gasteiger partial charge in [0.1, 0.15) is 0 Å². The summed E-state index contributed by atoms with van der Waals surface area (Å²) >= 11 is 0. The molecule has 1 heterocycles. The maximum Gasteiger partial charge on any atom is 0.223 e. The molecule has 1 aromatic carbocycles. The fourth-order valence-electron chi connectivity index (χ4n) is 2.61. The van der Waals surface area contributed by atoms with Crippen LogP contribution in [0.4, 0.5) is 0 Å². The van der Waals surface area contributed by atoms with E-state index in [1.165, 1.54) is 11.1 Å². The average Bonchev–Trinajstić information content (AvgIpc) is 2.76. The van der Waals surface area contributed by atoms with Gasteiger partial charge in [-0.15, -0.1) is 0 Å². The van der Waals surface area contributed by atoms with Crippen molar-refractivity contribution in [2.24, 2.45) is 0 Å². The molecule has 1 saturated heterocycles. The third kappa shape index (κ3) is 2.91. The maximum absolute atomic E-state index is 12.1. The Kier molecular flexibility index (Phi) is 4.02. The first-order valence-corrected chi connectivity index (χ1v) is 6.59. The minimum absolute atomic E-state index is 0.155. The van der Waals surface area contributed by atoms with Crippen LogP contribution < -0.4 is 0 Å². The highest BCUT2D eigenvalue weighted by atomic mass is 16.3. The van der Waals surface area contributed by atoms with Gasteiger partial charge in [-0.1, -0.05) is 31.2 Å². The standard InChI is InChI=1S/C15H21NO2/c1-11-5-3-4-6-14(11)12(2)9-15(18)16-8-7-13(17)10-16/h3-6,12-13,17H,7-10H2,1-2H3/t12?,13-/m0/s1. The van der Waals surface area contributed by atoms with Gasteiger partial charge < -0.3 is 10.0 Å². The minimum atomic E-state index is -0.331. The summed E-state index contributed by atoms with van der Waals surface area (Å²) in [5.74, 6) is 0.388. The number of β-amino-alcohol motifs (C(OH)–C–C–N with tert-alkyl or cyclic N) is 1. The molecule has 0 spiro atoms. The van der Waals surface area contributed by atoms with Gasteiger partial charge in [-0.3, -0.25) is 4.79 Å². The van der Waals surface area contributed by atoms with Gasteiger partial charge in [-0.25, -0.2) is 0 Å². The van der Waals surface area contributed by atoms with Crippen LogP contribution in [0.15, 0.2) is 24.3 Å². The summed E-state index contributed by atoms with van der Waals surface area (Å²) in [6.45, 7) is 5.36. The summed E-state index contributed by atoms with van der Waals surface area (Å²) in [5.41, 5.74) is 2.48. The van der Waals surface area contributed by atoms with Crippen LogP contribution in [0.25, 0.3) is 0 Å². The molecular formula is C15H21NO2. The quantitative estimate of drug-likeness (QED) is 0.888. The summed E-state index contributed by atoms with van der Waals surface area (Å²) in [4.78, 5) is 13.9. The van der Waals surface area contributed by atoms with Crippen molar-refractivity contribution < 1.29 is 9.90 Å². The fraction of sp³-hybridized carbons (Fsp3) is 0.533. The number of carbonyl (C=O) groups excluding carboxylic acids is 1. The molecule has 1 fully saturated rings. The minimum Gasteiger partial charge on any atom is -0.391 e. The molecule has 1 unspecified atom stereocenters. The lowest BCUT2D eigenvalue weighted by Crippen LogP contribution is -2.30. The third-order valence-corrected chi connectivity index (χ3v) is 3.72. The predicted octanol–water partition coefficient (Wildman–Crippen LogP) is 2.08. The molecule has 98 valence electrons. The average molecular weight is 247 g/mol. The Morgan fingerprint density at radius 1 is 1.50 bits per heavy atom. The van der Waals surface area contributed by atoms with E-state index in [9.17, 15) is 9.90 Å². The maximum atomic E-state index is 12.1. The summed E-state index contributed by atoms with van der Waals surface area (Å²) in [5, 5.41) is 9.45. The number of carbonyl (C=O) groups is 1. The molecule has 3 nitrogen and oxygen atoms in total. The summed E-state index contributed by atoms with van der Waals surface area (Å²) in [6, 6.07) is 8.20. The van der Waals surface area contributed by atoms with Crippen LogP contribution in [-0.2, 0) is 4.79 Å². The van der Waals surface area contributed by atoms with E-state index >= 15 is 0 Å². The lowest BCUT2D eigenvalue weighted by Gasteiger charge is -2.19. The van der Waals surface area contributed by atoms with Crippen molar-refractivity contribution in [1.82, 2.24) is 4.90 Å². The van der Waals surface area contributed by atoms with Gasteiger partial charge in [0, 0.05) is 19.5 Å². The molecule has 1 N–H and O–H groups in total. The van der Waals surface area contributed by atoms with Gasteiger partial charge in [0.2, 0.25) is 5.91 Å².